The highest BCUT2D eigenvalue weighted by atomic mass is 32.2. The summed E-state index contributed by atoms with van der Waals surface area (Å²) >= 11 is 0. The van der Waals surface area contributed by atoms with Gasteiger partial charge in [-0.3, -0.25) is 4.79 Å². The second kappa shape index (κ2) is 9.71. The van der Waals surface area contributed by atoms with Gasteiger partial charge in [0, 0.05) is 24.9 Å². The molecule has 154 valence electrons. The highest BCUT2D eigenvalue weighted by Gasteiger charge is 2.25. The number of nitrogens with zero attached hydrogens (tertiary/aromatic N) is 1. The zero-order chi connectivity index (χ0) is 20.7. The van der Waals surface area contributed by atoms with Gasteiger partial charge in [-0.15, -0.1) is 0 Å². The first-order valence-corrected chi connectivity index (χ1v) is 11.2. The monoisotopic (exact) mass is 414 g/mol. The molecule has 1 amide bonds. The number of carbonyl (C=O) groups is 1. The van der Waals surface area contributed by atoms with Crippen molar-refractivity contribution >= 4 is 27.7 Å². The Kier molecular flexibility index (Phi) is 7.06. The van der Waals surface area contributed by atoms with Crippen LogP contribution in [0.2, 0.25) is 0 Å². The van der Waals surface area contributed by atoms with Crippen molar-refractivity contribution < 1.29 is 17.9 Å². The van der Waals surface area contributed by atoms with Gasteiger partial charge in [-0.25, -0.2) is 8.42 Å². The predicted octanol–water partition coefficient (Wildman–Crippen LogP) is 3.91. The van der Waals surface area contributed by atoms with Gasteiger partial charge in [-0.05, 0) is 67.8 Å². The van der Waals surface area contributed by atoms with E-state index in [1.165, 1.54) is 22.5 Å². The first-order chi connectivity index (χ1) is 14.0. The van der Waals surface area contributed by atoms with Crippen LogP contribution < -0.4 is 10.1 Å². The van der Waals surface area contributed by atoms with Crippen LogP contribution in [0, 0.1) is 0 Å². The number of piperidine rings is 1. The molecule has 0 spiro atoms. The number of hydrogen-bond acceptors (Lipinski definition) is 4. The largest absolute Gasteiger partial charge is 0.494 e. The molecule has 1 saturated heterocycles. The van der Waals surface area contributed by atoms with E-state index in [2.05, 4.69) is 5.32 Å². The summed E-state index contributed by atoms with van der Waals surface area (Å²) in [6.07, 6.45) is 6.01. The molecule has 1 fully saturated rings. The number of anilines is 1. The Labute approximate surface area is 172 Å². The molecule has 1 aliphatic rings. The van der Waals surface area contributed by atoms with Crippen molar-refractivity contribution in [1.82, 2.24) is 4.31 Å². The molecule has 1 heterocycles. The molecule has 3 rings (SSSR count). The van der Waals surface area contributed by atoms with Gasteiger partial charge in [0.2, 0.25) is 15.9 Å². The quantitative estimate of drug-likeness (QED) is 0.697. The molecule has 1 aliphatic heterocycles. The Bertz CT molecular complexity index is 945. The van der Waals surface area contributed by atoms with E-state index < -0.39 is 10.0 Å². The van der Waals surface area contributed by atoms with E-state index in [0.29, 0.717) is 25.4 Å². The van der Waals surface area contributed by atoms with Crippen LogP contribution in [0.5, 0.6) is 5.75 Å². The van der Waals surface area contributed by atoms with Crippen LogP contribution in [-0.4, -0.2) is 38.3 Å². The SMILES string of the molecule is CCOc1ccc(/C=C/C(=O)Nc2ccc(S(=O)(=O)N3CCCCC3)cc2)cc1. The van der Waals surface area contributed by atoms with E-state index in [1.54, 1.807) is 18.2 Å². The number of benzene rings is 2. The molecule has 0 unspecified atom stereocenters. The molecule has 6 nitrogen and oxygen atoms in total. The fourth-order valence-electron chi connectivity index (χ4n) is 3.16. The van der Waals surface area contributed by atoms with Gasteiger partial charge < -0.3 is 10.1 Å². The summed E-state index contributed by atoms with van der Waals surface area (Å²) in [4.78, 5) is 12.4. The minimum Gasteiger partial charge on any atom is -0.494 e. The van der Waals surface area contributed by atoms with E-state index >= 15 is 0 Å². The van der Waals surface area contributed by atoms with Crippen LogP contribution in [0.25, 0.3) is 6.08 Å². The standard InChI is InChI=1S/C22H26N2O4S/c1-2-28-20-11-6-18(7-12-20)8-15-22(25)23-19-9-13-21(14-10-19)29(26,27)24-16-4-3-5-17-24/h6-15H,2-5,16-17H2,1H3,(H,23,25)/b15-8+. The summed E-state index contributed by atoms with van der Waals surface area (Å²) in [6.45, 7) is 3.66. The Morgan fingerprint density at radius 2 is 1.69 bits per heavy atom. The summed E-state index contributed by atoms with van der Waals surface area (Å²) in [6, 6.07) is 13.7. The van der Waals surface area contributed by atoms with E-state index in [0.717, 1.165) is 30.6 Å². The number of rotatable bonds is 7. The molecule has 2 aromatic rings. The fraction of sp³-hybridized carbons (Fsp3) is 0.318. The number of hydrogen-bond donors (Lipinski definition) is 1. The first-order valence-electron chi connectivity index (χ1n) is 9.81. The minimum atomic E-state index is -3.46. The Balaban J connectivity index is 1.59. The van der Waals surface area contributed by atoms with Gasteiger partial charge in [0.1, 0.15) is 5.75 Å². The van der Waals surface area contributed by atoms with Gasteiger partial charge in [-0.2, -0.15) is 4.31 Å². The Morgan fingerprint density at radius 3 is 2.31 bits per heavy atom. The van der Waals surface area contributed by atoms with Gasteiger partial charge in [-0.1, -0.05) is 18.6 Å². The van der Waals surface area contributed by atoms with Crippen molar-refractivity contribution in [2.45, 2.75) is 31.1 Å². The number of ether oxygens (including phenoxy) is 1. The minimum absolute atomic E-state index is 0.252. The molecule has 7 heteroatoms. The summed E-state index contributed by atoms with van der Waals surface area (Å²) in [5, 5.41) is 2.74. The van der Waals surface area contributed by atoms with Crippen LogP contribution >= 0.6 is 0 Å². The van der Waals surface area contributed by atoms with Crippen molar-refractivity contribution in [3.05, 3.63) is 60.2 Å². The average molecular weight is 415 g/mol. The Morgan fingerprint density at radius 1 is 1.03 bits per heavy atom. The van der Waals surface area contributed by atoms with Crippen LogP contribution in [-0.2, 0) is 14.8 Å². The van der Waals surface area contributed by atoms with Crippen molar-refractivity contribution in [2.24, 2.45) is 0 Å². The molecule has 29 heavy (non-hydrogen) atoms. The molecule has 0 bridgehead atoms. The van der Waals surface area contributed by atoms with Gasteiger partial charge >= 0.3 is 0 Å². The molecule has 2 aromatic carbocycles. The predicted molar refractivity (Wildman–Crippen MR) is 114 cm³/mol. The molecular weight excluding hydrogens is 388 g/mol. The summed E-state index contributed by atoms with van der Waals surface area (Å²) < 4.78 is 32.2. The van der Waals surface area contributed by atoms with Crippen molar-refractivity contribution in [3.8, 4) is 5.75 Å². The molecule has 1 N–H and O–H groups in total. The third kappa shape index (κ3) is 5.68. The van der Waals surface area contributed by atoms with Crippen LogP contribution in [0.15, 0.2) is 59.5 Å². The van der Waals surface area contributed by atoms with Gasteiger partial charge in [0.15, 0.2) is 0 Å². The van der Waals surface area contributed by atoms with Crippen molar-refractivity contribution in [1.29, 1.82) is 0 Å². The lowest BCUT2D eigenvalue weighted by atomic mass is 10.2. The molecule has 0 aromatic heterocycles. The fourth-order valence-corrected chi connectivity index (χ4v) is 4.68. The number of sulfonamides is 1. The lowest BCUT2D eigenvalue weighted by Gasteiger charge is -2.25. The van der Waals surface area contributed by atoms with Crippen molar-refractivity contribution in [2.75, 3.05) is 25.0 Å². The van der Waals surface area contributed by atoms with Gasteiger partial charge in [0.05, 0.1) is 11.5 Å². The maximum atomic E-state index is 12.7. The zero-order valence-corrected chi connectivity index (χ0v) is 17.3. The van der Waals surface area contributed by atoms with Crippen molar-refractivity contribution in [3.63, 3.8) is 0 Å². The summed E-state index contributed by atoms with van der Waals surface area (Å²) in [5.41, 5.74) is 1.43. The molecule has 0 atom stereocenters. The summed E-state index contributed by atoms with van der Waals surface area (Å²) in [5.74, 6) is 0.499. The third-order valence-corrected chi connectivity index (χ3v) is 6.61. The zero-order valence-electron chi connectivity index (χ0n) is 16.5. The first kappa shape index (κ1) is 21.1. The van der Waals surface area contributed by atoms with E-state index in [1.807, 2.05) is 31.2 Å². The maximum Gasteiger partial charge on any atom is 0.248 e. The van der Waals surface area contributed by atoms with E-state index in [4.69, 9.17) is 4.74 Å². The van der Waals surface area contributed by atoms with E-state index in [-0.39, 0.29) is 10.8 Å². The maximum absolute atomic E-state index is 12.7. The smallest absolute Gasteiger partial charge is 0.248 e. The number of nitrogens with one attached hydrogen (secondary N) is 1. The lowest BCUT2D eigenvalue weighted by Crippen LogP contribution is -2.35. The average Bonchev–Trinajstić information content (AvgIpc) is 2.74. The highest BCUT2D eigenvalue weighted by molar-refractivity contribution is 7.89. The molecule has 0 aliphatic carbocycles. The second-order valence-corrected chi connectivity index (χ2v) is 8.75. The lowest BCUT2D eigenvalue weighted by molar-refractivity contribution is -0.111. The van der Waals surface area contributed by atoms with Crippen LogP contribution in [0.4, 0.5) is 5.69 Å². The molecule has 0 saturated carbocycles. The van der Waals surface area contributed by atoms with Crippen LogP contribution in [0.3, 0.4) is 0 Å². The molecule has 0 radical (unpaired) electrons. The number of carbonyl (C=O) groups excluding carboxylic acids is 1. The Hall–Kier alpha value is -2.64. The normalized spacial score (nSPS) is 15.3. The second-order valence-electron chi connectivity index (χ2n) is 6.81. The van der Waals surface area contributed by atoms with E-state index in [9.17, 15) is 13.2 Å². The van der Waals surface area contributed by atoms with Gasteiger partial charge in [0.25, 0.3) is 0 Å². The third-order valence-electron chi connectivity index (χ3n) is 4.69. The summed E-state index contributed by atoms with van der Waals surface area (Å²) in [7, 11) is -3.46. The van der Waals surface area contributed by atoms with Crippen LogP contribution in [0.1, 0.15) is 31.7 Å². The topological polar surface area (TPSA) is 75.7 Å². The highest BCUT2D eigenvalue weighted by Crippen LogP contribution is 2.22. The molecular formula is C22H26N2O4S. The number of amides is 1.